The van der Waals surface area contributed by atoms with Crippen LogP contribution in [0, 0.1) is 0 Å². The van der Waals surface area contributed by atoms with E-state index in [1.54, 1.807) is 4.90 Å². The fourth-order valence-corrected chi connectivity index (χ4v) is 5.92. The third-order valence-corrected chi connectivity index (χ3v) is 8.54. The summed E-state index contributed by atoms with van der Waals surface area (Å²) < 4.78 is 67.4. The fourth-order valence-electron chi connectivity index (χ4n) is 4.10. The summed E-state index contributed by atoms with van der Waals surface area (Å²) in [4.78, 5) is 18.9. The lowest BCUT2D eigenvalue weighted by atomic mass is 10.0. The largest absolute Gasteiger partial charge is 0.416 e. The molecule has 4 rings (SSSR count). The van der Waals surface area contributed by atoms with E-state index < -0.39 is 33.7 Å². The van der Waals surface area contributed by atoms with Crippen molar-refractivity contribution in [3.05, 3.63) is 70.0 Å². The van der Waals surface area contributed by atoms with Crippen molar-refractivity contribution >= 4 is 37.8 Å². The van der Waals surface area contributed by atoms with E-state index in [-0.39, 0.29) is 37.0 Å². The van der Waals surface area contributed by atoms with Crippen LogP contribution in [0.4, 0.5) is 19.1 Å². The van der Waals surface area contributed by atoms with E-state index in [1.807, 2.05) is 24.3 Å². The number of hydrogen-bond acceptors (Lipinski definition) is 6. The molecule has 0 bridgehead atoms. The number of aromatic nitrogens is 3. The number of halogens is 4. The normalized spacial score (nSPS) is 17.1. The molecular formula is C24H26BrF3N6O3S. The summed E-state index contributed by atoms with van der Waals surface area (Å²) in [7, 11) is -4.30. The van der Waals surface area contributed by atoms with Crippen LogP contribution in [0.25, 0.3) is 0 Å². The van der Waals surface area contributed by atoms with Gasteiger partial charge in [-0.3, -0.25) is 9.89 Å². The van der Waals surface area contributed by atoms with Crippen molar-refractivity contribution in [1.29, 1.82) is 0 Å². The summed E-state index contributed by atoms with van der Waals surface area (Å²) in [6.45, 7) is 4.34. The minimum atomic E-state index is -4.60. The molecular weight excluding hydrogens is 589 g/mol. The molecule has 0 unspecified atom stereocenters. The van der Waals surface area contributed by atoms with Crippen molar-refractivity contribution in [1.82, 2.24) is 24.8 Å². The van der Waals surface area contributed by atoms with Gasteiger partial charge in [-0.15, -0.1) is 5.10 Å². The van der Waals surface area contributed by atoms with Crippen LogP contribution in [-0.2, 0) is 27.5 Å². The zero-order valence-electron chi connectivity index (χ0n) is 20.5. The first-order valence-electron chi connectivity index (χ1n) is 11.7. The van der Waals surface area contributed by atoms with Crippen LogP contribution in [0.2, 0.25) is 0 Å². The molecule has 2 N–H and O–H groups in total. The molecule has 1 aromatic heterocycles. The maximum absolute atomic E-state index is 13.5. The third kappa shape index (κ3) is 6.18. The Kier molecular flexibility index (Phi) is 8.14. The Morgan fingerprint density at radius 1 is 1.13 bits per heavy atom. The van der Waals surface area contributed by atoms with Gasteiger partial charge in [-0.25, -0.2) is 8.42 Å². The summed E-state index contributed by atoms with van der Waals surface area (Å²) in [5.74, 6) is 0.0877. The van der Waals surface area contributed by atoms with Gasteiger partial charge in [0, 0.05) is 26.2 Å². The van der Waals surface area contributed by atoms with Gasteiger partial charge < -0.3 is 10.2 Å². The molecule has 0 spiro atoms. The zero-order valence-corrected chi connectivity index (χ0v) is 22.9. The molecule has 9 nitrogen and oxygen atoms in total. The van der Waals surface area contributed by atoms with E-state index in [1.165, 1.54) is 0 Å². The molecule has 0 radical (unpaired) electrons. The topological polar surface area (TPSA) is 111 Å². The van der Waals surface area contributed by atoms with Gasteiger partial charge in [0.25, 0.3) is 0 Å². The van der Waals surface area contributed by atoms with E-state index in [9.17, 15) is 26.4 Å². The molecule has 0 saturated carbocycles. The average Bonchev–Trinajstić information content (AvgIpc) is 3.33. The number of carbonyl (C=O) groups is 1. The van der Waals surface area contributed by atoms with Crippen molar-refractivity contribution in [3.63, 3.8) is 0 Å². The summed E-state index contributed by atoms with van der Waals surface area (Å²) >= 11 is 3.18. The Balaban J connectivity index is 1.58. The van der Waals surface area contributed by atoms with E-state index in [4.69, 9.17) is 0 Å². The molecule has 1 aliphatic heterocycles. The minimum Gasteiger partial charge on any atom is -0.351 e. The van der Waals surface area contributed by atoms with E-state index in [0.717, 1.165) is 27.6 Å². The highest BCUT2D eigenvalue weighted by Gasteiger charge is 2.41. The summed E-state index contributed by atoms with van der Waals surface area (Å²) in [5, 5.41) is 9.51. The summed E-state index contributed by atoms with van der Waals surface area (Å²) in [5.41, 5.74) is 1.02. The number of sulfonamides is 1. The van der Waals surface area contributed by atoms with Gasteiger partial charge in [0.15, 0.2) is 4.73 Å². The van der Waals surface area contributed by atoms with Crippen LogP contribution in [0.5, 0.6) is 0 Å². The zero-order chi connectivity index (χ0) is 27.7. The highest BCUT2D eigenvalue weighted by molar-refractivity contribution is 9.10. The molecule has 204 valence electrons. The Morgan fingerprint density at radius 2 is 1.79 bits per heavy atom. The van der Waals surface area contributed by atoms with Crippen molar-refractivity contribution in [2.45, 2.75) is 43.4 Å². The number of H-pyrrole nitrogens is 1. The number of amides is 1. The van der Waals surface area contributed by atoms with Gasteiger partial charge in [0.05, 0.1) is 10.5 Å². The standard InChI is InChI=1S/C24H26BrF3N6O3S/c1-15(2)17-5-3-16(4-6-17)13-29-21(35)20-14-33(23-30-22(25)31-32-23)11-12-34(20)38(36,37)19-9-7-18(8-10-19)24(26,27)28/h3-10,15,20H,11-14H2,1-2H3,(H,29,35)(H,30,31,32)/t20-/m1/s1. The quantitative estimate of drug-likeness (QED) is 0.417. The first kappa shape index (κ1) is 28.0. The van der Waals surface area contributed by atoms with Gasteiger partial charge >= 0.3 is 6.18 Å². The fraction of sp³-hybridized carbons (Fsp3) is 0.375. The SMILES string of the molecule is CC(C)c1ccc(CNC(=O)[C@H]2CN(c3n[nH]c(Br)n3)CCN2S(=O)(=O)c2ccc(C(F)(F)F)cc2)cc1. The number of alkyl halides is 3. The molecule has 2 heterocycles. The Morgan fingerprint density at radius 3 is 2.34 bits per heavy atom. The van der Waals surface area contributed by atoms with Crippen LogP contribution in [0.15, 0.2) is 58.2 Å². The number of rotatable bonds is 7. The predicted molar refractivity (Wildman–Crippen MR) is 138 cm³/mol. The molecule has 1 amide bonds. The molecule has 3 aromatic rings. The Hall–Kier alpha value is -2.97. The molecule has 1 fully saturated rings. The monoisotopic (exact) mass is 614 g/mol. The molecule has 1 atom stereocenters. The number of carbonyl (C=O) groups excluding carboxylic acids is 1. The van der Waals surface area contributed by atoms with Crippen molar-refractivity contribution in [3.8, 4) is 0 Å². The highest BCUT2D eigenvalue weighted by atomic mass is 79.9. The number of nitrogens with zero attached hydrogens (tertiary/aromatic N) is 4. The number of nitrogens with one attached hydrogen (secondary N) is 2. The predicted octanol–water partition coefficient (Wildman–Crippen LogP) is 3.91. The molecule has 38 heavy (non-hydrogen) atoms. The van der Waals surface area contributed by atoms with E-state index >= 15 is 0 Å². The van der Waals surface area contributed by atoms with Gasteiger partial charge in [0.2, 0.25) is 21.9 Å². The summed E-state index contributed by atoms with van der Waals surface area (Å²) in [6.07, 6.45) is -4.60. The maximum atomic E-state index is 13.5. The van der Waals surface area contributed by atoms with Crippen LogP contribution in [0.3, 0.4) is 0 Å². The van der Waals surface area contributed by atoms with Crippen molar-refractivity contribution in [2.75, 3.05) is 24.5 Å². The first-order chi connectivity index (χ1) is 17.9. The lowest BCUT2D eigenvalue weighted by Gasteiger charge is -2.39. The minimum absolute atomic E-state index is 0.0533. The average molecular weight is 615 g/mol. The number of benzene rings is 2. The van der Waals surface area contributed by atoms with Crippen LogP contribution in [-0.4, -0.2) is 59.5 Å². The van der Waals surface area contributed by atoms with Gasteiger partial charge in [-0.2, -0.15) is 22.5 Å². The summed E-state index contributed by atoms with van der Waals surface area (Å²) in [6, 6.07) is 9.78. The molecule has 2 aromatic carbocycles. The second-order valence-corrected chi connectivity index (χ2v) is 11.8. The third-order valence-electron chi connectivity index (χ3n) is 6.26. The molecule has 1 aliphatic rings. The number of aromatic amines is 1. The first-order valence-corrected chi connectivity index (χ1v) is 14.0. The van der Waals surface area contributed by atoms with Gasteiger partial charge in [-0.05, 0) is 57.2 Å². The number of anilines is 1. The van der Waals surface area contributed by atoms with Gasteiger partial charge in [-0.1, -0.05) is 38.1 Å². The van der Waals surface area contributed by atoms with Crippen LogP contribution >= 0.6 is 15.9 Å². The second-order valence-electron chi connectivity index (χ2n) is 9.14. The van der Waals surface area contributed by atoms with Crippen LogP contribution < -0.4 is 10.2 Å². The van der Waals surface area contributed by atoms with Crippen molar-refractivity contribution in [2.24, 2.45) is 0 Å². The Bertz CT molecular complexity index is 1380. The smallest absolute Gasteiger partial charge is 0.351 e. The highest BCUT2D eigenvalue weighted by Crippen LogP contribution is 2.31. The maximum Gasteiger partial charge on any atom is 0.416 e. The lowest BCUT2D eigenvalue weighted by molar-refractivity contribution is -0.137. The van der Waals surface area contributed by atoms with Gasteiger partial charge in [0.1, 0.15) is 6.04 Å². The Labute approximate surface area is 226 Å². The van der Waals surface area contributed by atoms with E-state index in [0.29, 0.717) is 22.8 Å². The number of hydrogen-bond donors (Lipinski definition) is 2. The molecule has 0 aliphatic carbocycles. The molecule has 14 heteroatoms. The molecule has 1 saturated heterocycles. The van der Waals surface area contributed by atoms with Crippen molar-refractivity contribution < 1.29 is 26.4 Å². The second kappa shape index (κ2) is 11.0. The lowest BCUT2D eigenvalue weighted by Crippen LogP contribution is -2.60. The van der Waals surface area contributed by atoms with E-state index in [2.05, 4.69) is 50.3 Å². The van der Waals surface area contributed by atoms with Crippen LogP contribution in [0.1, 0.15) is 36.5 Å². The number of piperazine rings is 1.